The molecule has 0 spiro atoms. The number of hydrogen-bond acceptors (Lipinski definition) is 5. The van der Waals surface area contributed by atoms with Crippen LogP contribution in [0.1, 0.15) is 10.4 Å². The minimum atomic E-state index is -0.615. The van der Waals surface area contributed by atoms with Crippen molar-refractivity contribution in [2.75, 3.05) is 20.0 Å². The summed E-state index contributed by atoms with van der Waals surface area (Å²) in [6, 6.07) is 5.98. The summed E-state index contributed by atoms with van der Waals surface area (Å²) in [7, 11) is 2.61. The first kappa shape index (κ1) is 13.8. The molecule has 20 heavy (non-hydrogen) atoms. The molecular formula is C14H13FN2O3. The Labute approximate surface area is 115 Å². The summed E-state index contributed by atoms with van der Waals surface area (Å²) in [5.74, 6) is -0.962. The van der Waals surface area contributed by atoms with E-state index in [1.807, 2.05) is 0 Å². The van der Waals surface area contributed by atoms with Crippen LogP contribution in [0.3, 0.4) is 0 Å². The highest BCUT2D eigenvalue weighted by molar-refractivity contribution is 5.97. The number of methoxy groups -OCH3 is 2. The third kappa shape index (κ3) is 2.40. The van der Waals surface area contributed by atoms with Crippen LogP contribution < -0.4 is 10.5 Å². The Morgan fingerprint density at radius 2 is 2.05 bits per heavy atom. The van der Waals surface area contributed by atoms with Crippen LogP contribution in [0, 0.1) is 5.82 Å². The third-order valence-electron chi connectivity index (χ3n) is 2.80. The van der Waals surface area contributed by atoms with Gasteiger partial charge in [-0.1, -0.05) is 12.1 Å². The number of anilines is 1. The first-order chi connectivity index (χ1) is 9.58. The van der Waals surface area contributed by atoms with Crippen LogP contribution in [0.15, 0.2) is 30.5 Å². The lowest BCUT2D eigenvalue weighted by Gasteiger charge is -2.11. The molecule has 1 aromatic carbocycles. The van der Waals surface area contributed by atoms with Gasteiger partial charge in [0, 0.05) is 17.3 Å². The SMILES string of the molecule is COC(=O)c1cc(N)ncc1-c1cccc(OC)c1F. The van der Waals surface area contributed by atoms with E-state index in [0.29, 0.717) is 5.56 Å². The van der Waals surface area contributed by atoms with Gasteiger partial charge < -0.3 is 15.2 Å². The van der Waals surface area contributed by atoms with Gasteiger partial charge in [-0.2, -0.15) is 0 Å². The molecule has 5 nitrogen and oxygen atoms in total. The lowest BCUT2D eigenvalue weighted by molar-refractivity contribution is 0.0601. The maximum absolute atomic E-state index is 14.3. The molecule has 0 saturated heterocycles. The molecular weight excluding hydrogens is 263 g/mol. The summed E-state index contributed by atoms with van der Waals surface area (Å²) in [6.07, 6.45) is 1.33. The second-order valence-corrected chi connectivity index (χ2v) is 3.97. The van der Waals surface area contributed by atoms with E-state index >= 15 is 0 Å². The maximum Gasteiger partial charge on any atom is 0.338 e. The molecule has 0 aliphatic heterocycles. The number of nitrogens with two attached hydrogens (primary N) is 1. The highest BCUT2D eigenvalue weighted by Crippen LogP contribution is 2.31. The minimum absolute atomic E-state index is 0.0788. The molecule has 104 valence electrons. The summed E-state index contributed by atoms with van der Waals surface area (Å²) >= 11 is 0. The Kier molecular flexibility index (Phi) is 3.84. The Morgan fingerprint density at radius 3 is 2.70 bits per heavy atom. The van der Waals surface area contributed by atoms with E-state index in [-0.39, 0.29) is 22.7 Å². The number of hydrogen-bond donors (Lipinski definition) is 1. The molecule has 0 unspecified atom stereocenters. The predicted octanol–water partition coefficient (Wildman–Crippen LogP) is 2.27. The Bertz CT molecular complexity index is 659. The molecule has 0 fully saturated rings. The number of aromatic nitrogens is 1. The molecule has 0 aliphatic rings. The largest absolute Gasteiger partial charge is 0.494 e. The van der Waals surface area contributed by atoms with Crippen LogP contribution in [0.4, 0.5) is 10.2 Å². The van der Waals surface area contributed by atoms with Gasteiger partial charge in [-0.05, 0) is 12.1 Å². The average molecular weight is 276 g/mol. The average Bonchev–Trinajstić information content (AvgIpc) is 2.47. The minimum Gasteiger partial charge on any atom is -0.494 e. The Balaban J connectivity index is 2.67. The molecule has 0 radical (unpaired) electrons. The summed E-state index contributed by atoms with van der Waals surface area (Å²) in [6.45, 7) is 0. The van der Waals surface area contributed by atoms with E-state index in [1.54, 1.807) is 6.07 Å². The van der Waals surface area contributed by atoms with E-state index in [0.717, 1.165) is 0 Å². The van der Waals surface area contributed by atoms with Crippen molar-refractivity contribution in [1.82, 2.24) is 4.98 Å². The molecule has 1 heterocycles. The van der Waals surface area contributed by atoms with Gasteiger partial charge in [0.1, 0.15) is 5.82 Å². The number of benzene rings is 1. The van der Waals surface area contributed by atoms with Crippen LogP contribution in [0.25, 0.3) is 11.1 Å². The highest BCUT2D eigenvalue weighted by Gasteiger charge is 2.19. The summed E-state index contributed by atoms with van der Waals surface area (Å²) in [4.78, 5) is 15.7. The monoisotopic (exact) mass is 276 g/mol. The summed E-state index contributed by atoms with van der Waals surface area (Å²) in [5.41, 5.74) is 6.19. The van der Waals surface area contributed by atoms with Gasteiger partial charge in [-0.3, -0.25) is 0 Å². The molecule has 0 aliphatic carbocycles. The Morgan fingerprint density at radius 1 is 1.30 bits per heavy atom. The predicted molar refractivity (Wildman–Crippen MR) is 71.9 cm³/mol. The number of nitrogen functional groups attached to an aromatic ring is 1. The van der Waals surface area contributed by atoms with Crippen molar-refractivity contribution >= 4 is 11.8 Å². The van der Waals surface area contributed by atoms with E-state index in [9.17, 15) is 9.18 Å². The normalized spacial score (nSPS) is 10.2. The van der Waals surface area contributed by atoms with Crippen molar-refractivity contribution in [2.45, 2.75) is 0 Å². The lowest BCUT2D eigenvalue weighted by Crippen LogP contribution is -2.06. The van der Waals surface area contributed by atoms with Gasteiger partial charge in [0.2, 0.25) is 0 Å². The fourth-order valence-electron chi connectivity index (χ4n) is 1.84. The van der Waals surface area contributed by atoms with Crippen LogP contribution in [-0.2, 0) is 4.74 Å². The van der Waals surface area contributed by atoms with Crippen molar-refractivity contribution in [3.8, 4) is 16.9 Å². The molecule has 0 amide bonds. The number of nitrogens with zero attached hydrogens (tertiary/aromatic N) is 1. The lowest BCUT2D eigenvalue weighted by atomic mass is 10.0. The third-order valence-corrected chi connectivity index (χ3v) is 2.80. The topological polar surface area (TPSA) is 74.4 Å². The maximum atomic E-state index is 14.3. The second-order valence-electron chi connectivity index (χ2n) is 3.97. The number of carbonyl (C=O) groups is 1. The second kappa shape index (κ2) is 5.56. The first-order valence-corrected chi connectivity index (χ1v) is 5.75. The molecule has 2 aromatic rings. The fourth-order valence-corrected chi connectivity index (χ4v) is 1.84. The number of carbonyl (C=O) groups excluding carboxylic acids is 1. The van der Waals surface area contributed by atoms with Crippen molar-refractivity contribution in [2.24, 2.45) is 0 Å². The van der Waals surface area contributed by atoms with Gasteiger partial charge in [0.05, 0.1) is 19.8 Å². The van der Waals surface area contributed by atoms with Gasteiger partial charge in [0.15, 0.2) is 11.6 Å². The van der Waals surface area contributed by atoms with Crippen LogP contribution in [0.5, 0.6) is 5.75 Å². The summed E-state index contributed by atoms with van der Waals surface area (Å²) < 4.78 is 23.9. The Hall–Kier alpha value is -2.63. The van der Waals surface area contributed by atoms with Crippen molar-refractivity contribution in [1.29, 1.82) is 0 Å². The number of ether oxygens (including phenoxy) is 2. The number of halogens is 1. The molecule has 0 saturated carbocycles. The summed E-state index contributed by atoms with van der Waals surface area (Å²) in [5, 5.41) is 0. The zero-order valence-corrected chi connectivity index (χ0v) is 11.0. The molecule has 0 atom stereocenters. The van der Waals surface area contributed by atoms with Crippen molar-refractivity contribution in [3.63, 3.8) is 0 Å². The van der Waals surface area contributed by atoms with E-state index in [4.69, 9.17) is 10.5 Å². The smallest absolute Gasteiger partial charge is 0.338 e. The van der Waals surface area contributed by atoms with E-state index in [2.05, 4.69) is 9.72 Å². The number of pyridine rings is 1. The van der Waals surface area contributed by atoms with E-state index < -0.39 is 11.8 Å². The van der Waals surface area contributed by atoms with Gasteiger partial charge in [-0.25, -0.2) is 14.2 Å². The van der Waals surface area contributed by atoms with Crippen LogP contribution in [-0.4, -0.2) is 25.2 Å². The standard InChI is InChI=1S/C14H13FN2O3/c1-19-11-5-3-4-8(13(11)15)10-7-17-12(16)6-9(10)14(18)20-2/h3-7H,1-2H3,(H2,16,17). The van der Waals surface area contributed by atoms with Gasteiger partial charge in [0.25, 0.3) is 0 Å². The van der Waals surface area contributed by atoms with Crippen LogP contribution in [0.2, 0.25) is 0 Å². The van der Waals surface area contributed by atoms with Crippen molar-refractivity contribution in [3.05, 3.63) is 41.8 Å². The zero-order valence-electron chi connectivity index (χ0n) is 11.0. The molecule has 2 N–H and O–H groups in total. The van der Waals surface area contributed by atoms with Crippen LogP contribution >= 0.6 is 0 Å². The highest BCUT2D eigenvalue weighted by atomic mass is 19.1. The fraction of sp³-hybridized carbons (Fsp3) is 0.143. The molecule has 6 heteroatoms. The molecule has 1 aromatic heterocycles. The zero-order chi connectivity index (χ0) is 14.7. The first-order valence-electron chi connectivity index (χ1n) is 5.75. The number of esters is 1. The van der Waals surface area contributed by atoms with Gasteiger partial charge in [-0.15, -0.1) is 0 Å². The van der Waals surface area contributed by atoms with E-state index in [1.165, 1.54) is 38.6 Å². The molecule has 2 rings (SSSR count). The van der Waals surface area contributed by atoms with Crippen molar-refractivity contribution < 1.29 is 18.7 Å². The van der Waals surface area contributed by atoms with Gasteiger partial charge >= 0.3 is 5.97 Å². The molecule has 0 bridgehead atoms. The number of rotatable bonds is 3. The quantitative estimate of drug-likeness (QED) is 0.870.